The summed E-state index contributed by atoms with van der Waals surface area (Å²) in [5.74, 6) is -1.06. The van der Waals surface area contributed by atoms with E-state index in [9.17, 15) is 35.9 Å². The average Bonchev–Trinajstić information content (AvgIpc) is 2.87. The van der Waals surface area contributed by atoms with Crippen molar-refractivity contribution in [2.45, 2.75) is 37.7 Å². The molecule has 200 valence electrons. The van der Waals surface area contributed by atoms with Crippen molar-refractivity contribution in [2.75, 3.05) is 39.3 Å². The van der Waals surface area contributed by atoms with Gasteiger partial charge in [-0.05, 0) is 30.2 Å². The number of alkyl halides is 6. The van der Waals surface area contributed by atoms with E-state index in [1.165, 1.54) is 11.8 Å². The van der Waals surface area contributed by atoms with Crippen LogP contribution in [0, 0.1) is 0 Å². The third kappa shape index (κ3) is 6.08. The van der Waals surface area contributed by atoms with Crippen LogP contribution in [0.3, 0.4) is 0 Å². The van der Waals surface area contributed by atoms with Gasteiger partial charge in [-0.2, -0.15) is 26.3 Å². The van der Waals surface area contributed by atoms with Crippen molar-refractivity contribution in [3.63, 3.8) is 0 Å². The molecule has 4 rings (SSSR count). The number of likely N-dealkylation sites (tertiary alicyclic amines) is 1. The summed E-state index contributed by atoms with van der Waals surface area (Å²) < 4.78 is 80.0. The molecule has 2 aliphatic heterocycles. The molecule has 0 unspecified atom stereocenters. The van der Waals surface area contributed by atoms with Crippen molar-refractivity contribution >= 4 is 11.8 Å². The minimum Gasteiger partial charge on any atom is -0.340 e. The van der Waals surface area contributed by atoms with E-state index in [0.29, 0.717) is 44.7 Å². The van der Waals surface area contributed by atoms with Gasteiger partial charge in [0.25, 0.3) is 5.91 Å². The van der Waals surface area contributed by atoms with Gasteiger partial charge in [-0.3, -0.25) is 14.5 Å². The number of rotatable bonds is 3. The summed E-state index contributed by atoms with van der Waals surface area (Å²) in [6, 6.07) is 10.4. The number of piperidine rings is 1. The summed E-state index contributed by atoms with van der Waals surface area (Å²) in [5, 5.41) is 0. The molecule has 2 fully saturated rings. The van der Waals surface area contributed by atoms with Crippen molar-refractivity contribution in [1.82, 2.24) is 14.7 Å². The monoisotopic (exact) mass is 527 g/mol. The maximum atomic E-state index is 13.3. The third-order valence-corrected chi connectivity index (χ3v) is 7.15. The van der Waals surface area contributed by atoms with Gasteiger partial charge in [0.15, 0.2) is 0 Å². The quantitative estimate of drug-likeness (QED) is 0.535. The van der Waals surface area contributed by atoms with Crippen molar-refractivity contribution in [3.05, 3.63) is 70.8 Å². The van der Waals surface area contributed by atoms with Gasteiger partial charge in [0.1, 0.15) is 0 Å². The first-order valence-electron chi connectivity index (χ1n) is 12.0. The molecule has 5 nitrogen and oxygen atoms in total. The Morgan fingerprint density at radius 1 is 0.784 bits per heavy atom. The van der Waals surface area contributed by atoms with Crippen molar-refractivity contribution < 1.29 is 35.9 Å². The molecule has 2 saturated heterocycles. The topological polar surface area (TPSA) is 43.9 Å². The van der Waals surface area contributed by atoms with Gasteiger partial charge in [-0.15, -0.1) is 0 Å². The molecular weight excluding hydrogens is 500 g/mol. The summed E-state index contributed by atoms with van der Waals surface area (Å²) >= 11 is 0. The number of amides is 2. The standard InChI is InChI=1S/C26H27F6N3O2/c1-17(36)33-9-11-34(12-10-33)23-7-8-35(16-22(23)18-5-3-2-4-6-18)24(37)19-13-20(25(27,28)29)15-21(14-19)26(30,31)32/h2-6,13-15,22-23H,7-12,16H2,1H3/t22-,23-/m1/s1. The Balaban J connectivity index is 1.61. The summed E-state index contributed by atoms with van der Waals surface area (Å²) in [6.45, 7) is 4.29. The van der Waals surface area contributed by atoms with E-state index in [4.69, 9.17) is 0 Å². The maximum absolute atomic E-state index is 13.3. The van der Waals surface area contributed by atoms with Crippen LogP contribution < -0.4 is 0 Å². The summed E-state index contributed by atoms with van der Waals surface area (Å²) in [4.78, 5) is 30.3. The second-order valence-electron chi connectivity index (χ2n) is 9.46. The highest BCUT2D eigenvalue weighted by Crippen LogP contribution is 2.37. The lowest BCUT2D eigenvalue weighted by molar-refractivity contribution is -0.143. The fourth-order valence-electron chi connectivity index (χ4n) is 5.22. The van der Waals surface area contributed by atoms with Gasteiger partial charge in [-0.1, -0.05) is 30.3 Å². The number of carbonyl (C=O) groups is 2. The Labute approximate surface area is 210 Å². The van der Waals surface area contributed by atoms with Crippen molar-refractivity contribution in [1.29, 1.82) is 0 Å². The molecule has 0 spiro atoms. The first-order chi connectivity index (χ1) is 17.3. The Morgan fingerprint density at radius 2 is 1.35 bits per heavy atom. The Bertz CT molecular complexity index is 1100. The molecule has 2 atom stereocenters. The Kier molecular flexibility index (Phi) is 7.55. The lowest BCUT2D eigenvalue weighted by Gasteiger charge is -2.47. The zero-order valence-corrected chi connectivity index (χ0v) is 20.1. The molecule has 2 aromatic carbocycles. The van der Waals surface area contributed by atoms with Crippen molar-refractivity contribution in [2.24, 2.45) is 0 Å². The average molecular weight is 528 g/mol. The molecule has 2 heterocycles. The molecular formula is C26H27F6N3O2. The second kappa shape index (κ2) is 10.4. The molecule has 0 bridgehead atoms. The third-order valence-electron chi connectivity index (χ3n) is 7.15. The maximum Gasteiger partial charge on any atom is 0.416 e. The molecule has 2 aromatic rings. The van der Waals surface area contributed by atoms with Gasteiger partial charge in [0.2, 0.25) is 5.91 Å². The predicted octanol–water partition coefficient (Wildman–Crippen LogP) is 4.89. The number of hydrogen-bond acceptors (Lipinski definition) is 3. The normalized spacial score (nSPS) is 21.7. The fraction of sp³-hybridized carbons (Fsp3) is 0.462. The highest BCUT2D eigenvalue weighted by atomic mass is 19.4. The molecule has 0 aliphatic carbocycles. The fourth-order valence-corrected chi connectivity index (χ4v) is 5.22. The minimum atomic E-state index is -5.03. The summed E-state index contributed by atoms with van der Waals surface area (Å²) in [6.07, 6.45) is -9.56. The summed E-state index contributed by atoms with van der Waals surface area (Å²) in [5.41, 5.74) is -2.73. The molecule has 0 radical (unpaired) electrons. The van der Waals surface area contributed by atoms with Crippen LogP contribution in [-0.4, -0.2) is 71.8 Å². The molecule has 2 amide bonds. The SMILES string of the molecule is CC(=O)N1CCN([C@@H]2CCN(C(=O)c3cc(C(F)(F)F)cc(C(F)(F)F)c3)C[C@@H]2c2ccccc2)CC1. The number of hydrogen-bond donors (Lipinski definition) is 0. The lowest BCUT2D eigenvalue weighted by Crippen LogP contribution is -2.57. The molecule has 37 heavy (non-hydrogen) atoms. The minimum absolute atomic E-state index is 0.000936. The Hall–Kier alpha value is -3.08. The first-order valence-corrected chi connectivity index (χ1v) is 12.0. The summed E-state index contributed by atoms with van der Waals surface area (Å²) in [7, 11) is 0. The van der Waals surface area contributed by atoms with E-state index in [-0.39, 0.29) is 37.0 Å². The zero-order chi connectivity index (χ0) is 27.0. The molecule has 0 saturated carbocycles. The highest BCUT2D eigenvalue weighted by Gasteiger charge is 2.40. The van der Waals surface area contributed by atoms with Crippen LogP contribution in [0.4, 0.5) is 26.3 Å². The number of piperazine rings is 1. The van der Waals surface area contributed by atoms with Gasteiger partial charge in [0.05, 0.1) is 11.1 Å². The zero-order valence-electron chi connectivity index (χ0n) is 20.1. The molecule has 0 aromatic heterocycles. The van der Waals surface area contributed by atoms with Crippen LogP contribution in [0.25, 0.3) is 0 Å². The smallest absolute Gasteiger partial charge is 0.340 e. The van der Waals surface area contributed by atoms with Crippen LogP contribution in [0.1, 0.15) is 46.3 Å². The number of nitrogens with zero attached hydrogens (tertiary/aromatic N) is 3. The molecule has 2 aliphatic rings. The number of carbonyl (C=O) groups excluding carboxylic acids is 2. The van der Waals surface area contributed by atoms with Gasteiger partial charge >= 0.3 is 12.4 Å². The second-order valence-corrected chi connectivity index (χ2v) is 9.46. The van der Waals surface area contributed by atoms with E-state index in [0.717, 1.165) is 5.56 Å². The largest absolute Gasteiger partial charge is 0.416 e. The number of benzene rings is 2. The van der Waals surface area contributed by atoms with E-state index in [1.54, 1.807) is 4.90 Å². The van der Waals surface area contributed by atoms with Crippen LogP contribution in [-0.2, 0) is 17.1 Å². The number of halogens is 6. The highest BCUT2D eigenvalue weighted by molar-refractivity contribution is 5.95. The van der Waals surface area contributed by atoms with Crippen LogP contribution >= 0.6 is 0 Å². The van der Waals surface area contributed by atoms with E-state index < -0.39 is 35.0 Å². The first kappa shape index (κ1) is 27.0. The van der Waals surface area contributed by atoms with Crippen LogP contribution in [0.5, 0.6) is 0 Å². The predicted molar refractivity (Wildman–Crippen MR) is 124 cm³/mol. The van der Waals surface area contributed by atoms with E-state index >= 15 is 0 Å². The van der Waals surface area contributed by atoms with E-state index in [1.807, 2.05) is 30.3 Å². The lowest BCUT2D eigenvalue weighted by atomic mass is 9.84. The van der Waals surface area contributed by atoms with Crippen molar-refractivity contribution in [3.8, 4) is 0 Å². The van der Waals surface area contributed by atoms with Crippen LogP contribution in [0.2, 0.25) is 0 Å². The van der Waals surface area contributed by atoms with Gasteiger partial charge in [-0.25, -0.2) is 0 Å². The van der Waals surface area contributed by atoms with Gasteiger partial charge < -0.3 is 9.80 Å². The molecule has 0 N–H and O–H groups in total. The van der Waals surface area contributed by atoms with Crippen LogP contribution in [0.15, 0.2) is 48.5 Å². The Morgan fingerprint density at radius 3 is 1.86 bits per heavy atom. The molecule has 11 heteroatoms. The van der Waals surface area contributed by atoms with Gasteiger partial charge in [0, 0.05) is 63.7 Å². The van der Waals surface area contributed by atoms with E-state index in [2.05, 4.69) is 4.90 Å².